The Morgan fingerprint density at radius 2 is 1.83 bits per heavy atom. The molecule has 1 fully saturated rings. The number of benzene rings is 1. The van der Waals surface area contributed by atoms with Gasteiger partial charge in [-0.1, -0.05) is 6.07 Å². The van der Waals surface area contributed by atoms with E-state index in [0.29, 0.717) is 0 Å². The van der Waals surface area contributed by atoms with Crippen LogP contribution in [-0.2, 0) is 4.79 Å². The fourth-order valence-corrected chi connectivity index (χ4v) is 2.15. The largest absolute Gasteiger partial charge is 0.323 e. The van der Waals surface area contributed by atoms with Crippen LogP contribution in [0.2, 0.25) is 0 Å². The lowest BCUT2D eigenvalue weighted by Gasteiger charge is -2.17. The Labute approximate surface area is 104 Å². The molecule has 0 saturated carbocycles. The minimum atomic E-state index is -1.04. The molecule has 3 N–H and O–H groups in total. The quantitative estimate of drug-likeness (QED) is 0.749. The standard InChI is InChI=1S/C12H15F2N3O/c1-6-10(7(2)17-16-6)12(18)15-9-5-3-4-8(13)11(9)14/h3-7,10,16-17H,1-2H3,(H,15,18). The van der Waals surface area contributed by atoms with Crippen LogP contribution in [0.1, 0.15) is 13.8 Å². The second-order valence-electron chi connectivity index (χ2n) is 4.48. The second-order valence-corrected chi connectivity index (χ2v) is 4.48. The molecule has 6 heteroatoms. The van der Waals surface area contributed by atoms with Gasteiger partial charge < -0.3 is 5.32 Å². The Morgan fingerprint density at radius 1 is 1.22 bits per heavy atom. The number of carbonyl (C=O) groups excluding carboxylic acids is 1. The molecule has 2 rings (SSSR count). The molecule has 2 atom stereocenters. The summed E-state index contributed by atoms with van der Waals surface area (Å²) in [5, 5.41) is 2.42. The first-order valence-corrected chi connectivity index (χ1v) is 5.76. The van der Waals surface area contributed by atoms with Crippen LogP contribution in [0.25, 0.3) is 0 Å². The van der Waals surface area contributed by atoms with E-state index < -0.39 is 11.6 Å². The summed E-state index contributed by atoms with van der Waals surface area (Å²) in [5.41, 5.74) is 5.73. The van der Waals surface area contributed by atoms with E-state index in [4.69, 9.17) is 0 Å². The van der Waals surface area contributed by atoms with E-state index in [1.807, 2.05) is 13.8 Å². The molecule has 0 radical (unpaired) electrons. The monoisotopic (exact) mass is 255 g/mol. The Morgan fingerprint density at radius 3 is 2.44 bits per heavy atom. The van der Waals surface area contributed by atoms with Crippen molar-refractivity contribution >= 4 is 11.6 Å². The van der Waals surface area contributed by atoms with Gasteiger partial charge in [0, 0.05) is 12.1 Å². The van der Waals surface area contributed by atoms with Crippen LogP contribution in [-0.4, -0.2) is 18.0 Å². The van der Waals surface area contributed by atoms with Crippen molar-refractivity contribution in [2.45, 2.75) is 25.9 Å². The first kappa shape index (κ1) is 12.9. The fraction of sp³-hybridized carbons (Fsp3) is 0.417. The average molecular weight is 255 g/mol. The molecular weight excluding hydrogens is 240 g/mol. The van der Waals surface area contributed by atoms with Gasteiger partial charge in [-0.15, -0.1) is 0 Å². The van der Waals surface area contributed by atoms with Gasteiger partial charge in [0.15, 0.2) is 11.6 Å². The maximum Gasteiger partial charge on any atom is 0.230 e. The lowest BCUT2D eigenvalue weighted by atomic mass is 9.95. The molecule has 4 nitrogen and oxygen atoms in total. The van der Waals surface area contributed by atoms with E-state index in [0.717, 1.165) is 6.07 Å². The molecule has 1 aliphatic rings. The average Bonchev–Trinajstić information content (AvgIpc) is 2.65. The first-order valence-electron chi connectivity index (χ1n) is 5.76. The number of anilines is 1. The van der Waals surface area contributed by atoms with Crippen molar-refractivity contribution in [3.63, 3.8) is 0 Å². The molecule has 98 valence electrons. The van der Waals surface area contributed by atoms with Crippen LogP contribution >= 0.6 is 0 Å². The van der Waals surface area contributed by atoms with E-state index in [1.165, 1.54) is 12.1 Å². The highest BCUT2D eigenvalue weighted by atomic mass is 19.2. The van der Waals surface area contributed by atoms with Gasteiger partial charge in [0.1, 0.15) is 0 Å². The van der Waals surface area contributed by atoms with E-state index >= 15 is 0 Å². The smallest absolute Gasteiger partial charge is 0.230 e. The van der Waals surface area contributed by atoms with Gasteiger partial charge in [-0.25, -0.2) is 8.78 Å². The second kappa shape index (κ2) is 4.99. The summed E-state index contributed by atoms with van der Waals surface area (Å²) in [6.07, 6.45) is 0. The Balaban J connectivity index is 2.14. The number of hydrogen-bond donors (Lipinski definition) is 3. The summed E-state index contributed by atoms with van der Waals surface area (Å²) in [6, 6.07) is 3.55. The third kappa shape index (κ3) is 2.34. The third-order valence-electron chi connectivity index (χ3n) is 3.13. The molecule has 1 aromatic carbocycles. The predicted octanol–water partition coefficient (Wildman–Crippen LogP) is 1.40. The summed E-state index contributed by atoms with van der Waals surface area (Å²) < 4.78 is 26.4. The molecule has 0 bridgehead atoms. The predicted molar refractivity (Wildman–Crippen MR) is 63.7 cm³/mol. The molecule has 1 amide bonds. The molecule has 18 heavy (non-hydrogen) atoms. The summed E-state index contributed by atoms with van der Waals surface area (Å²) in [6.45, 7) is 3.70. The van der Waals surface area contributed by atoms with Gasteiger partial charge in [-0.2, -0.15) is 0 Å². The van der Waals surface area contributed by atoms with Gasteiger partial charge in [-0.3, -0.25) is 15.6 Å². The fourth-order valence-electron chi connectivity index (χ4n) is 2.15. The van der Waals surface area contributed by atoms with Crippen molar-refractivity contribution in [3.05, 3.63) is 29.8 Å². The summed E-state index contributed by atoms with van der Waals surface area (Å²) in [5.74, 6) is -2.69. The molecule has 1 aromatic rings. The van der Waals surface area contributed by atoms with Crippen LogP contribution in [0.15, 0.2) is 18.2 Å². The van der Waals surface area contributed by atoms with E-state index in [9.17, 15) is 13.6 Å². The van der Waals surface area contributed by atoms with Gasteiger partial charge in [0.25, 0.3) is 0 Å². The summed E-state index contributed by atoms with van der Waals surface area (Å²) >= 11 is 0. The maximum absolute atomic E-state index is 13.4. The van der Waals surface area contributed by atoms with E-state index in [-0.39, 0.29) is 29.6 Å². The number of hydrogen-bond acceptors (Lipinski definition) is 3. The summed E-state index contributed by atoms with van der Waals surface area (Å²) in [4.78, 5) is 12.0. The normalized spacial score (nSPS) is 27.2. The van der Waals surface area contributed by atoms with Crippen molar-refractivity contribution < 1.29 is 13.6 Å². The molecule has 0 spiro atoms. The van der Waals surface area contributed by atoms with Gasteiger partial charge in [0.05, 0.1) is 11.6 Å². The highest BCUT2D eigenvalue weighted by Gasteiger charge is 2.35. The van der Waals surface area contributed by atoms with Crippen LogP contribution < -0.4 is 16.2 Å². The third-order valence-corrected chi connectivity index (χ3v) is 3.13. The van der Waals surface area contributed by atoms with Crippen LogP contribution in [0.3, 0.4) is 0 Å². The van der Waals surface area contributed by atoms with Gasteiger partial charge in [0.2, 0.25) is 5.91 Å². The Kier molecular flexibility index (Phi) is 3.58. The van der Waals surface area contributed by atoms with Gasteiger partial charge in [-0.05, 0) is 26.0 Å². The number of hydrazine groups is 1. The van der Waals surface area contributed by atoms with Crippen LogP contribution in [0.5, 0.6) is 0 Å². The van der Waals surface area contributed by atoms with Crippen molar-refractivity contribution in [1.29, 1.82) is 0 Å². The minimum absolute atomic E-state index is 0.0726. The lowest BCUT2D eigenvalue weighted by molar-refractivity contribution is -0.120. The summed E-state index contributed by atoms with van der Waals surface area (Å²) in [7, 11) is 0. The molecule has 2 unspecified atom stereocenters. The maximum atomic E-state index is 13.4. The number of carbonyl (C=O) groups is 1. The van der Waals surface area contributed by atoms with Crippen LogP contribution in [0, 0.1) is 17.6 Å². The number of amides is 1. The topological polar surface area (TPSA) is 53.2 Å². The highest BCUT2D eigenvalue weighted by molar-refractivity contribution is 5.93. The zero-order chi connectivity index (χ0) is 13.3. The number of halogens is 2. The van der Waals surface area contributed by atoms with Crippen molar-refractivity contribution in [2.75, 3.05) is 5.32 Å². The van der Waals surface area contributed by atoms with Crippen molar-refractivity contribution in [1.82, 2.24) is 10.9 Å². The lowest BCUT2D eigenvalue weighted by Crippen LogP contribution is -2.35. The number of rotatable bonds is 2. The zero-order valence-corrected chi connectivity index (χ0v) is 10.1. The molecule has 0 aromatic heterocycles. The Hall–Kier alpha value is -1.53. The van der Waals surface area contributed by atoms with Gasteiger partial charge >= 0.3 is 0 Å². The molecule has 1 heterocycles. The molecule has 0 aliphatic carbocycles. The highest BCUT2D eigenvalue weighted by Crippen LogP contribution is 2.20. The molecule has 1 saturated heterocycles. The SMILES string of the molecule is CC1NNC(C)C1C(=O)Nc1cccc(F)c1F. The zero-order valence-electron chi connectivity index (χ0n) is 10.1. The number of nitrogens with one attached hydrogen (secondary N) is 3. The van der Waals surface area contributed by atoms with Crippen LogP contribution in [0.4, 0.5) is 14.5 Å². The van der Waals surface area contributed by atoms with Crippen molar-refractivity contribution in [2.24, 2.45) is 5.92 Å². The van der Waals surface area contributed by atoms with E-state index in [2.05, 4.69) is 16.2 Å². The Bertz CT molecular complexity index is 457. The molecule has 1 aliphatic heterocycles. The van der Waals surface area contributed by atoms with E-state index in [1.54, 1.807) is 0 Å². The molecular formula is C12H15F2N3O. The van der Waals surface area contributed by atoms with Crippen molar-refractivity contribution in [3.8, 4) is 0 Å². The minimum Gasteiger partial charge on any atom is -0.323 e. The first-order chi connectivity index (χ1) is 8.50.